The first-order chi connectivity index (χ1) is 60.5. The molecular formula is C88H95Cl3N12O24. The lowest BCUT2D eigenvalue weighted by Crippen LogP contribution is -2.63. The number of aliphatic hydroxyl groups excluding tert-OH is 6. The SMILES string of the molecule is CN[C@H](CC(C)C)C(=O)N[C@H]1C(=O)N[C@@H](CC(N)=O)C(=O)N[C@H]2C(=O)N[C@H]3C(=O)N[C@H](C(=O)N[C@H](C(=O)O)c4cc(O)c(CC5NCCc6cncn65)c(O)c4-c4cc3ccc4O)[C@H](O[C@H]3C[C@](C)(NCc4ccc(/C=C/c5ccc(Cl)cc5)cc4)[C@@H](O)[C@H](C)O3)c3ccc(c(Cl)c3)Oc3cc2cc(c3O[C@@H]2O[C@H](CO)[C@@H](O)[C@H](O)[C@H]2O)Oc2ccc(cc2Cl)[C@H]1O. The van der Waals surface area contributed by atoms with Crippen molar-refractivity contribution in [2.75, 3.05) is 20.2 Å². The number of carboxylic acids is 1. The van der Waals surface area contributed by atoms with Gasteiger partial charge in [-0.2, -0.15) is 0 Å². The zero-order valence-electron chi connectivity index (χ0n) is 68.8. The number of carbonyl (C=O) groups is 8. The van der Waals surface area contributed by atoms with Crippen molar-refractivity contribution in [3.8, 4) is 57.1 Å². The van der Waals surface area contributed by atoms with Gasteiger partial charge in [-0.1, -0.05) is 115 Å². The number of carboxylic acid groups (broad SMARTS) is 1. The number of amides is 7. The van der Waals surface area contributed by atoms with Crippen LogP contribution in [-0.2, 0) is 72.0 Å². The van der Waals surface area contributed by atoms with E-state index < -0.39 is 243 Å². The monoisotopic (exact) mass is 1810 g/mol. The van der Waals surface area contributed by atoms with Crippen molar-refractivity contribution in [3.05, 3.63) is 205 Å². The molecule has 21 N–H and O–H groups in total. The van der Waals surface area contributed by atoms with E-state index in [4.69, 9.17) is 69.0 Å². The Kier molecular flexibility index (Phi) is 27.8. The fraction of sp³-hybridized carbons (Fsp3) is 0.375. The van der Waals surface area contributed by atoms with E-state index in [1.807, 2.05) is 62.4 Å². The van der Waals surface area contributed by atoms with Crippen molar-refractivity contribution in [1.82, 2.24) is 57.4 Å². The van der Waals surface area contributed by atoms with E-state index in [0.717, 1.165) is 64.8 Å². The third-order valence-electron chi connectivity index (χ3n) is 23.3. The maximum atomic E-state index is 16.6. The molecule has 7 amide bonds. The number of aliphatic hydroxyl groups is 6. The van der Waals surface area contributed by atoms with Crippen LogP contribution in [0.1, 0.15) is 139 Å². The number of benzene rings is 7. The van der Waals surface area contributed by atoms with E-state index in [-0.39, 0.29) is 64.8 Å². The largest absolute Gasteiger partial charge is 0.508 e. The first-order valence-corrected chi connectivity index (χ1v) is 41.9. The highest BCUT2D eigenvalue weighted by Crippen LogP contribution is 2.51. The smallest absolute Gasteiger partial charge is 0.330 e. The number of carbonyl (C=O) groups excluding carboxylic acids is 7. The van der Waals surface area contributed by atoms with E-state index in [1.54, 1.807) is 36.7 Å². The predicted molar refractivity (Wildman–Crippen MR) is 455 cm³/mol. The molecule has 39 heteroatoms. The lowest BCUT2D eigenvalue weighted by atomic mass is 9.84. The van der Waals surface area contributed by atoms with Crippen LogP contribution in [0.2, 0.25) is 15.1 Å². The van der Waals surface area contributed by atoms with E-state index in [2.05, 4.69) is 52.8 Å². The van der Waals surface area contributed by atoms with Crippen LogP contribution in [0.4, 0.5) is 0 Å². The third-order valence-corrected chi connectivity index (χ3v) is 24.1. The van der Waals surface area contributed by atoms with E-state index in [9.17, 15) is 65.4 Å². The molecule has 8 aliphatic heterocycles. The fourth-order valence-electron chi connectivity index (χ4n) is 16.4. The number of phenols is 3. The zero-order chi connectivity index (χ0) is 90.9. The molecule has 0 radical (unpaired) electrons. The molecule has 127 heavy (non-hydrogen) atoms. The Balaban J connectivity index is 0.966. The Morgan fingerprint density at radius 1 is 0.717 bits per heavy atom. The normalized spacial score (nSPS) is 27.0. The van der Waals surface area contributed by atoms with Crippen molar-refractivity contribution in [2.24, 2.45) is 11.7 Å². The number of hydrogen-bond donors (Lipinski definition) is 20. The minimum Gasteiger partial charge on any atom is -0.508 e. The lowest BCUT2D eigenvalue weighted by molar-refractivity contribution is -0.277. The van der Waals surface area contributed by atoms with Crippen LogP contribution >= 0.6 is 34.8 Å². The van der Waals surface area contributed by atoms with Crippen molar-refractivity contribution < 1.29 is 118 Å². The molecule has 36 nitrogen and oxygen atoms in total. The minimum absolute atomic E-state index is 0.112. The number of halogens is 3. The molecule has 2 saturated heterocycles. The molecule has 1 unspecified atom stereocenters. The van der Waals surface area contributed by atoms with Gasteiger partial charge in [0.05, 0.1) is 53.8 Å². The molecule has 0 saturated carbocycles. The molecule has 1 aromatic heterocycles. The minimum atomic E-state index is -2.39. The molecule has 2 fully saturated rings. The van der Waals surface area contributed by atoms with Gasteiger partial charge in [-0.3, -0.25) is 38.9 Å². The van der Waals surface area contributed by atoms with Gasteiger partial charge < -0.3 is 132 Å². The van der Waals surface area contributed by atoms with Gasteiger partial charge in [0.1, 0.15) is 95.6 Å². The van der Waals surface area contributed by atoms with Gasteiger partial charge in [-0.15, -0.1) is 0 Å². The summed E-state index contributed by atoms with van der Waals surface area (Å²) >= 11 is 20.7. The first kappa shape index (κ1) is 91.6. The summed E-state index contributed by atoms with van der Waals surface area (Å²) in [6, 6.07) is 13.7. The Bertz CT molecular complexity index is 5550. The average molecular weight is 1810 g/mol. The van der Waals surface area contributed by atoms with Gasteiger partial charge in [0.25, 0.3) is 0 Å². The van der Waals surface area contributed by atoms with Crippen LogP contribution in [0, 0.1) is 5.92 Å². The van der Waals surface area contributed by atoms with Crippen molar-refractivity contribution >= 4 is 94.3 Å². The van der Waals surface area contributed by atoms with Crippen LogP contribution in [0.5, 0.6) is 46.0 Å². The van der Waals surface area contributed by atoms with E-state index in [0.29, 0.717) is 18.0 Å². The van der Waals surface area contributed by atoms with Crippen molar-refractivity contribution in [2.45, 2.75) is 182 Å². The topological polar surface area (TPSA) is 546 Å². The molecule has 8 aromatic rings. The van der Waals surface area contributed by atoms with Crippen LogP contribution < -0.4 is 67.8 Å². The number of imidazole rings is 1. The number of fused-ring (bicyclic) bond motifs is 16. The maximum absolute atomic E-state index is 16.6. The summed E-state index contributed by atoms with van der Waals surface area (Å²) in [7, 11) is 1.48. The molecule has 0 aliphatic carbocycles. The standard InChI is InChI=1S/C88H95Cl3N12O24/c1-38(2)24-54(93-5)80(114)101-70-72(108)44-15-20-58(52(90)26-44)123-60-28-46-29-61(78(60)127-87-76(112)75(111)74(110)62(36-104)125-87)124-59-21-16-45(27-53(59)91)77(126-65-33-88(4,79(113)39(3)122-65)96-34-42-10-8-40(9-11-42)6-7-41-12-17-47(89)18-13-41)71-85(119)100-69(86(120)121)51-30-57(106)50(31-64-95-23-22-48-35-94-37-103(48)64)73(109)66(51)49-25-43(14-19-56(49)105)67(82(116)102-71)99-83(117)68(46)98-81(115)55(32-63(92)107)97-84(70)118/h6-21,25-30,35,37-39,54-55,62,64-65,67-72,74-77,79,87,93,95-96,104-106,108-113H,22-24,31-34,36H2,1-5H3,(H2,92,107)(H,97,118)(H,98,115)(H,99,117)(H,100,119)(H,101,114)(H,102,116)(H,120,121)/b7-6+/t39-,54+,55-,62+,64?,65-,67+,68+,69-,70+,71-,72+,74+,75-,76+,77+,79-,87-,88-/m0/s1. The molecule has 0 spiro atoms. The number of nitrogens with one attached hydrogen (secondary N) is 9. The van der Waals surface area contributed by atoms with Crippen LogP contribution in [0.3, 0.4) is 0 Å². The number of aromatic nitrogens is 2. The first-order valence-electron chi connectivity index (χ1n) is 40.8. The summed E-state index contributed by atoms with van der Waals surface area (Å²) in [5, 5.41) is 143. The van der Waals surface area contributed by atoms with Gasteiger partial charge in [-0.05, 0) is 139 Å². The molecule has 9 heterocycles. The number of nitrogens with two attached hydrogens (primary N) is 1. The lowest BCUT2D eigenvalue weighted by Gasteiger charge is -2.47. The number of rotatable bonds is 20. The Morgan fingerprint density at radius 3 is 2.00 bits per heavy atom. The van der Waals surface area contributed by atoms with E-state index in [1.165, 1.54) is 43.7 Å². The molecular weight excluding hydrogens is 1720 g/mol. The quantitative estimate of drug-likeness (QED) is 0.0454. The number of ether oxygens (including phenoxy) is 6. The van der Waals surface area contributed by atoms with Crippen LogP contribution in [0.25, 0.3) is 23.3 Å². The Hall–Kier alpha value is -11.6. The summed E-state index contributed by atoms with van der Waals surface area (Å²) in [5.41, 5.74) is 4.80. The number of hydrogen-bond acceptors (Lipinski definition) is 27. The summed E-state index contributed by atoms with van der Waals surface area (Å²) in [6.07, 6.45) is -12.7. The highest BCUT2D eigenvalue weighted by atomic mass is 35.5. The zero-order valence-corrected chi connectivity index (χ0v) is 71.0. The molecule has 7 aromatic carbocycles. The van der Waals surface area contributed by atoms with Crippen LogP contribution in [0.15, 0.2) is 134 Å². The van der Waals surface area contributed by atoms with Gasteiger partial charge in [0.2, 0.25) is 53.4 Å². The van der Waals surface area contributed by atoms with Crippen molar-refractivity contribution in [3.63, 3.8) is 0 Å². The van der Waals surface area contributed by atoms with Gasteiger partial charge in [0.15, 0.2) is 23.8 Å². The summed E-state index contributed by atoms with van der Waals surface area (Å²) in [4.78, 5) is 127. The second-order valence-electron chi connectivity index (χ2n) is 32.6. The number of aliphatic carboxylic acids is 1. The predicted octanol–water partition coefficient (Wildman–Crippen LogP) is 4.84. The third kappa shape index (κ3) is 19.9. The number of primary amides is 1. The number of aromatic hydroxyl groups is 3. The van der Waals surface area contributed by atoms with Crippen molar-refractivity contribution in [1.29, 1.82) is 0 Å². The van der Waals surface area contributed by atoms with Gasteiger partial charge >= 0.3 is 5.97 Å². The highest BCUT2D eigenvalue weighted by molar-refractivity contribution is 6.32. The fourth-order valence-corrected chi connectivity index (χ4v) is 16.9. The second kappa shape index (κ2) is 38.6. The second-order valence-corrected chi connectivity index (χ2v) is 33.8. The molecule has 16 rings (SSSR count). The molecule has 11 bridgehead atoms. The molecule has 672 valence electrons. The summed E-state index contributed by atoms with van der Waals surface area (Å²) < 4.78 is 41.0. The molecule has 19 atom stereocenters. The summed E-state index contributed by atoms with van der Waals surface area (Å²) in [5.74, 6) is -16.0. The number of likely N-dealkylation sites (N-methyl/N-ethyl adjacent to an activating group) is 1. The Labute approximate surface area is 741 Å². The van der Waals surface area contributed by atoms with E-state index >= 15 is 24.0 Å². The maximum Gasteiger partial charge on any atom is 0.330 e. The average Bonchev–Trinajstić information content (AvgIpc) is 1.01. The highest BCUT2D eigenvalue weighted by Gasteiger charge is 2.50. The van der Waals surface area contributed by atoms with Gasteiger partial charge in [0, 0.05) is 77.1 Å². The van der Waals surface area contributed by atoms with Gasteiger partial charge in [-0.25, -0.2) is 9.78 Å². The Morgan fingerprint density at radius 2 is 1.35 bits per heavy atom. The molecule has 8 aliphatic rings. The number of nitrogens with zero attached hydrogens (tertiary/aromatic N) is 2. The number of phenolic OH excluding ortho intramolecular Hbond substituents is 3. The summed E-state index contributed by atoms with van der Waals surface area (Å²) in [6.45, 7) is 6.44. The van der Waals surface area contributed by atoms with Crippen LogP contribution in [-0.4, -0.2) is 207 Å².